The Kier molecular flexibility index (Phi) is 3.61. The number of rotatable bonds is 3. The number of nitrogens with two attached hydrogens (primary N) is 1. The molecular formula is C13H16BrN3O. The molecule has 3 N–H and O–H groups in total. The summed E-state index contributed by atoms with van der Waals surface area (Å²) in [7, 11) is 1.65. The highest BCUT2D eigenvalue weighted by Crippen LogP contribution is 2.37. The van der Waals surface area contributed by atoms with Crippen LogP contribution in [-0.2, 0) is 0 Å². The number of benzene rings is 1. The van der Waals surface area contributed by atoms with E-state index in [4.69, 9.17) is 10.5 Å². The smallest absolute Gasteiger partial charge is 0.149 e. The SMILES string of the molecule is COc1ccc(Br)c(-c2[nH]nc(N)c2C(C)C)c1. The van der Waals surface area contributed by atoms with Crippen LogP contribution in [0.1, 0.15) is 25.3 Å². The van der Waals surface area contributed by atoms with Crippen molar-refractivity contribution in [3.8, 4) is 17.0 Å². The zero-order valence-corrected chi connectivity index (χ0v) is 12.2. The summed E-state index contributed by atoms with van der Waals surface area (Å²) in [5.74, 6) is 1.66. The lowest BCUT2D eigenvalue weighted by Gasteiger charge is -2.10. The third-order valence-electron chi connectivity index (χ3n) is 2.85. The van der Waals surface area contributed by atoms with E-state index in [2.05, 4.69) is 40.0 Å². The molecule has 18 heavy (non-hydrogen) atoms. The van der Waals surface area contributed by atoms with E-state index >= 15 is 0 Å². The third-order valence-corrected chi connectivity index (χ3v) is 3.55. The van der Waals surface area contributed by atoms with Crippen LogP contribution in [0.15, 0.2) is 22.7 Å². The number of nitrogens with one attached hydrogen (secondary N) is 1. The number of H-pyrrole nitrogens is 1. The molecule has 0 aliphatic heterocycles. The molecule has 0 amide bonds. The summed E-state index contributed by atoms with van der Waals surface area (Å²) < 4.78 is 6.23. The molecule has 1 aromatic heterocycles. The monoisotopic (exact) mass is 309 g/mol. The van der Waals surface area contributed by atoms with Gasteiger partial charge in [0.05, 0.1) is 12.8 Å². The Bertz CT molecular complexity index is 563. The summed E-state index contributed by atoms with van der Waals surface area (Å²) in [6.07, 6.45) is 0. The van der Waals surface area contributed by atoms with Gasteiger partial charge < -0.3 is 10.5 Å². The lowest BCUT2D eigenvalue weighted by Crippen LogP contribution is -1.96. The van der Waals surface area contributed by atoms with Crippen molar-refractivity contribution >= 4 is 21.7 Å². The molecule has 0 bridgehead atoms. The molecule has 0 radical (unpaired) electrons. The van der Waals surface area contributed by atoms with Gasteiger partial charge in [-0.3, -0.25) is 5.10 Å². The van der Waals surface area contributed by atoms with Crippen molar-refractivity contribution in [1.82, 2.24) is 10.2 Å². The number of hydrogen-bond acceptors (Lipinski definition) is 3. The van der Waals surface area contributed by atoms with Crippen molar-refractivity contribution < 1.29 is 4.74 Å². The first kappa shape index (κ1) is 13.0. The van der Waals surface area contributed by atoms with Gasteiger partial charge in [0.1, 0.15) is 11.6 Å². The lowest BCUT2D eigenvalue weighted by atomic mass is 9.98. The van der Waals surface area contributed by atoms with Gasteiger partial charge in [0.25, 0.3) is 0 Å². The van der Waals surface area contributed by atoms with Gasteiger partial charge in [0.2, 0.25) is 0 Å². The maximum atomic E-state index is 5.91. The zero-order valence-electron chi connectivity index (χ0n) is 10.6. The summed E-state index contributed by atoms with van der Waals surface area (Å²) in [6, 6.07) is 5.82. The Morgan fingerprint density at radius 3 is 2.72 bits per heavy atom. The van der Waals surface area contributed by atoms with Crippen molar-refractivity contribution in [2.24, 2.45) is 0 Å². The Morgan fingerprint density at radius 2 is 2.11 bits per heavy atom. The summed E-state index contributed by atoms with van der Waals surface area (Å²) in [5, 5.41) is 7.11. The van der Waals surface area contributed by atoms with Crippen molar-refractivity contribution in [3.05, 3.63) is 28.2 Å². The van der Waals surface area contributed by atoms with Gasteiger partial charge in [0.15, 0.2) is 0 Å². The number of anilines is 1. The molecule has 0 aliphatic rings. The maximum absolute atomic E-state index is 5.91. The van der Waals surface area contributed by atoms with E-state index in [1.807, 2.05) is 18.2 Å². The highest BCUT2D eigenvalue weighted by atomic mass is 79.9. The summed E-state index contributed by atoms with van der Waals surface area (Å²) in [6.45, 7) is 4.19. The summed E-state index contributed by atoms with van der Waals surface area (Å²) in [4.78, 5) is 0. The van der Waals surface area contributed by atoms with E-state index < -0.39 is 0 Å². The van der Waals surface area contributed by atoms with Crippen LogP contribution in [0.25, 0.3) is 11.3 Å². The molecule has 0 saturated heterocycles. The van der Waals surface area contributed by atoms with Gasteiger partial charge in [-0.2, -0.15) is 5.10 Å². The van der Waals surface area contributed by atoms with Gasteiger partial charge in [-0.05, 0) is 24.1 Å². The predicted octanol–water partition coefficient (Wildman–Crippen LogP) is 3.55. The molecule has 0 saturated carbocycles. The normalized spacial score (nSPS) is 10.9. The number of hydrogen-bond donors (Lipinski definition) is 2. The first-order valence-corrected chi connectivity index (χ1v) is 6.51. The third kappa shape index (κ3) is 2.22. The number of methoxy groups -OCH3 is 1. The molecule has 1 aromatic carbocycles. The Labute approximate surface area is 115 Å². The zero-order chi connectivity index (χ0) is 13.3. The fourth-order valence-corrected chi connectivity index (χ4v) is 2.42. The van der Waals surface area contributed by atoms with Gasteiger partial charge in [0, 0.05) is 15.6 Å². The fraction of sp³-hybridized carbons (Fsp3) is 0.308. The minimum atomic E-state index is 0.303. The molecule has 0 aliphatic carbocycles. The van der Waals surface area contributed by atoms with Crippen LogP contribution in [0.3, 0.4) is 0 Å². The van der Waals surface area contributed by atoms with Gasteiger partial charge in [-0.1, -0.05) is 29.8 Å². The molecule has 2 rings (SSSR count). The van der Waals surface area contributed by atoms with Crippen molar-refractivity contribution in [2.75, 3.05) is 12.8 Å². The number of halogens is 1. The molecule has 2 aromatic rings. The van der Waals surface area contributed by atoms with Gasteiger partial charge >= 0.3 is 0 Å². The largest absolute Gasteiger partial charge is 0.497 e. The van der Waals surface area contributed by atoms with E-state index in [-0.39, 0.29) is 0 Å². The van der Waals surface area contributed by atoms with Gasteiger partial charge in [-0.15, -0.1) is 0 Å². The van der Waals surface area contributed by atoms with Crippen molar-refractivity contribution in [2.45, 2.75) is 19.8 Å². The second kappa shape index (κ2) is 5.02. The molecule has 4 nitrogen and oxygen atoms in total. The molecule has 0 unspecified atom stereocenters. The molecule has 0 fully saturated rings. The number of aromatic amines is 1. The van der Waals surface area contributed by atoms with E-state index in [0.717, 1.165) is 27.0 Å². The van der Waals surface area contributed by atoms with Gasteiger partial charge in [-0.25, -0.2) is 0 Å². The average Bonchev–Trinajstić information content (AvgIpc) is 2.72. The number of ether oxygens (including phenoxy) is 1. The van der Waals surface area contributed by atoms with Crippen molar-refractivity contribution in [3.63, 3.8) is 0 Å². The average molecular weight is 310 g/mol. The van der Waals surface area contributed by atoms with Crippen LogP contribution >= 0.6 is 15.9 Å². The minimum Gasteiger partial charge on any atom is -0.497 e. The van der Waals surface area contributed by atoms with E-state index in [1.54, 1.807) is 7.11 Å². The first-order valence-electron chi connectivity index (χ1n) is 5.72. The van der Waals surface area contributed by atoms with Crippen LogP contribution in [0.4, 0.5) is 5.82 Å². The number of aromatic nitrogens is 2. The molecule has 0 spiro atoms. The quantitative estimate of drug-likeness (QED) is 0.911. The first-order chi connectivity index (χ1) is 8.54. The Morgan fingerprint density at radius 1 is 1.39 bits per heavy atom. The summed E-state index contributed by atoms with van der Waals surface area (Å²) in [5.41, 5.74) is 8.88. The van der Waals surface area contributed by atoms with E-state index in [0.29, 0.717) is 11.7 Å². The number of nitrogens with zero attached hydrogens (tertiary/aromatic N) is 1. The molecule has 96 valence electrons. The topological polar surface area (TPSA) is 63.9 Å². The van der Waals surface area contributed by atoms with Crippen LogP contribution in [-0.4, -0.2) is 17.3 Å². The second-order valence-electron chi connectivity index (χ2n) is 4.40. The van der Waals surface area contributed by atoms with Crippen molar-refractivity contribution in [1.29, 1.82) is 0 Å². The standard InChI is InChI=1S/C13H16BrN3O/c1-7(2)11-12(16-17-13(11)15)9-6-8(18-3)4-5-10(9)14/h4-7H,1-3H3,(H3,15,16,17). The fourth-order valence-electron chi connectivity index (χ4n) is 1.98. The lowest BCUT2D eigenvalue weighted by molar-refractivity contribution is 0.415. The van der Waals surface area contributed by atoms with Crippen LogP contribution < -0.4 is 10.5 Å². The van der Waals surface area contributed by atoms with E-state index in [9.17, 15) is 0 Å². The second-order valence-corrected chi connectivity index (χ2v) is 5.25. The van der Waals surface area contributed by atoms with Crippen LogP contribution in [0.2, 0.25) is 0 Å². The Balaban J connectivity index is 2.61. The summed E-state index contributed by atoms with van der Waals surface area (Å²) >= 11 is 3.54. The minimum absolute atomic E-state index is 0.303. The Hall–Kier alpha value is -1.49. The highest BCUT2D eigenvalue weighted by Gasteiger charge is 2.18. The van der Waals surface area contributed by atoms with E-state index in [1.165, 1.54) is 0 Å². The van der Waals surface area contributed by atoms with Crippen LogP contribution in [0, 0.1) is 0 Å². The predicted molar refractivity (Wildman–Crippen MR) is 76.8 cm³/mol. The maximum Gasteiger partial charge on any atom is 0.149 e. The molecular weight excluding hydrogens is 294 g/mol. The molecule has 1 heterocycles. The number of nitrogen functional groups attached to an aromatic ring is 1. The molecule has 5 heteroatoms. The molecule has 0 atom stereocenters. The highest BCUT2D eigenvalue weighted by molar-refractivity contribution is 9.10. The van der Waals surface area contributed by atoms with Crippen LogP contribution in [0.5, 0.6) is 5.75 Å².